The maximum Gasteiger partial charge on any atom is 0.326 e. The molecule has 0 radical (unpaired) electrons. The molecule has 3 aromatic rings. The first-order valence-corrected chi connectivity index (χ1v) is 20.3. The molecule has 3 atom stereocenters. The molecule has 53 heavy (non-hydrogen) atoms. The van der Waals surface area contributed by atoms with Crippen molar-refractivity contribution >= 4 is 54.6 Å². The second-order valence-corrected chi connectivity index (χ2v) is 17.6. The number of hydrogen-bond donors (Lipinski definition) is 8. The average Bonchev–Trinajstić information content (AvgIpc) is 3.51. The molecule has 0 fully saturated rings. The van der Waals surface area contributed by atoms with Crippen molar-refractivity contribution in [3.8, 4) is 12.3 Å². The number of H-pyrrole nitrogens is 1. The molecule has 282 valence electrons. The van der Waals surface area contributed by atoms with Crippen LogP contribution in [-0.2, 0) is 32.2 Å². The summed E-state index contributed by atoms with van der Waals surface area (Å²) in [6.45, 7) is 3.52. The van der Waals surface area contributed by atoms with E-state index in [0.717, 1.165) is 11.1 Å². The summed E-state index contributed by atoms with van der Waals surface area (Å²) in [5, 5.41) is 36.4. The Morgan fingerprint density at radius 1 is 1.02 bits per heavy atom. The quantitative estimate of drug-likeness (QED) is 0.0675. The van der Waals surface area contributed by atoms with Gasteiger partial charge in [0, 0.05) is 30.6 Å². The monoisotopic (exact) mass is 748 g/mol. The zero-order chi connectivity index (χ0) is 38.9. The number of benzene rings is 2. The van der Waals surface area contributed by atoms with Crippen LogP contribution in [0.25, 0.3) is 10.9 Å². The minimum absolute atomic E-state index is 0.148. The zero-order valence-electron chi connectivity index (χ0n) is 29.5. The Labute approximate surface area is 306 Å². The zero-order valence-corrected chi connectivity index (χ0v) is 30.5. The number of aliphatic carboxylic acids is 2. The molecule has 0 spiro atoms. The van der Waals surface area contributed by atoms with E-state index in [-0.39, 0.29) is 55.3 Å². The highest BCUT2D eigenvalue weighted by atomic mass is 28.4. The number of carbonyl (C=O) groups excluding carboxylic acids is 3. The van der Waals surface area contributed by atoms with Crippen LogP contribution in [0.2, 0.25) is 19.1 Å². The largest absolute Gasteiger partial charge is 0.480 e. The van der Waals surface area contributed by atoms with Crippen molar-refractivity contribution in [2.24, 2.45) is 0 Å². The Bertz CT molecular complexity index is 1950. The van der Waals surface area contributed by atoms with Crippen LogP contribution in [0, 0.1) is 12.3 Å². The van der Waals surface area contributed by atoms with E-state index >= 15 is 0 Å². The van der Waals surface area contributed by atoms with Gasteiger partial charge < -0.3 is 45.9 Å². The minimum Gasteiger partial charge on any atom is -0.480 e. The minimum atomic E-state index is -2.36. The van der Waals surface area contributed by atoms with Crippen molar-refractivity contribution in [1.82, 2.24) is 25.9 Å². The molecule has 4 rings (SSSR count). The highest BCUT2D eigenvalue weighted by Gasteiger charge is 2.30. The summed E-state index contributed by atoms with van der Waals surface area (Å²) in [6, 6.07) is 7.42. The normalized spacial score (nSPS) is 14.7. The molecule has 2 aromatic carbocycles. The molecule has 8 N–H and O–H groups in total. The smallest absolute Gasteiger partial charge is 0.326 e. The molecular formula is C36H44N6O10Si. The highest BCUT2D eigenvalue weighted by molar-refractivity contribution is 6.69. The Morgan fingerprint density at radius 2 is 1.66 bits per heavy atom. The lowest BCUT2D eigenvalue weighted by Gasteiger charge is -2.30. The van der Waals surface area contributed by atoms with Crippen molar-refractivity contribution < 1.29 is 44.1 Å². The average molecular weight is 749 g/mol. The molecule has 1 aliphatic rings. The number of amides is 3. The lowest BCUT2D eigenvalue weighted by molar-refractivity contribution is -0.143. The van der Waals surface area contributed by atoms with Gasteiger partial charge in [-0.15, -0.1) is 6.42 Å². The van der Waals surface area contributed by atoms with Crippen LogP contribution in [0.15, 0.2) is 41.2 Å². The summed E-state index contributed by atoms with van der Waals surface area (Å²) in [7, 11) is -2.36. The molecule has 1 heterocycles. The topological polar surface area (TPSA) is 251 Å². The summed E-state index contributed by atoms with van der Waals surface area (Å²) < 4.78 is 0. The summed E-state index contributed by atoms with van der Waals surface area (Å²) >= 11 is 0. The molecule has 3 amide bonds. The molecule has 0 bridgehead atoms. The Morgan fingerprint density at radius 3 is 2.26 bits per heavy atom. The van der Waals surface area contributed by atoms with Gasteiger partial charge in [-0.1, -0.05) is 5.92 Å². The third-order valence-corrected chi connectivity index (χ3v) is 10.4. The Balaban J connectivity index is 1.36. The number of aromatic nitrogens is 2. The maximum atomic E-state index is 13.1. The number of anilines is 1. The summed E-state index contributed by atoms with van der Waals surface area (Å²) in [5.74, 6) is -1.82. The van der Waals surface area contributed by atoms with Gasteiger partial charge in [0.15, 0.2) is 8.32 Å². The molecule has 0 saturated heterocycles. The number of aliphatic hydroxyl groups is 1. The number of nitrogens with one attached hydrogen (secondary N) is 4. The van der Waals surface area contributed by atoms with Crippen LogP contribution in [0.5, 0.6) is 0 Å². The van der Waals surface area contributed by atoms with Crippen molar-refractivity contribution in [2.75, 3.05) is 18.0 Å². The molecule has 1 aromatic heterocycles. The van der Waals surface area contributed by atoms with Crippen molar-refractivity contribution in [3.05, 3.63) is 69.3 Å². The van der Waals surface area contributed by atoms with Gasteiger partial charge in [-0.3, -0.25) is 19.2 Å². The number of fused-ring (bicyclic) bond motifs is 2. The number of carboxylic acids is 2. The first-order valence-electron chi connectivity index (χ1n) is 17.1. The van der Waals surface area contributed by atoms with Gasteiger partial charge in [0.1, 0.15) is 24.5 Å². The number of hydrogen-bond acceptors (Lipinski definition) is 10. The van der Waals surface area contributed by atoms with Gasteiger partial charge in [-0.2, -0.15) is 0 Å². The third kappa shape index (κ3) is 11.0. The summed E-state index contributed by atoms with van der Waals surface area (Å²) in [5.41, 5.74) is 2.86. The molecule has 0 aliphatic heterocycles. The Hall–Kier alpha value is -5.57. The van der Waals surface area contributed by atoms with E-state index in [2.05, 4.69) is 31.8 Å². The van der Waals surface area contributed by atoms with E-state index in [0.29, 0.717) is 35.5 Å². The van der Waals surface area contributed by atoms with E-state index in [4.69, 9.17) is 6.42 Å². The van der Waals surface area contributed by atoms with Gasteiger partial charge in [0.25, 0.3) is 11.5 Å². The number of nitrogens with zero attached hydrogens (tertiary/aromatic N) is 2. The van der Waals surface area contributed by atoms with Crippen molar-refractivity contribution in [3.63, 3.8) is 0 Å². The second-order valence-electron chi connectivity index (χ2n) is 13.5. The van der Waals surface area contributed by atoms with Crippen LogP contribution < -0.4 is 26.4 Å². The highest BCUT2D eigenvalue weighted by Crippen LogP contribution is 2.39. The molecule has 16 nitrogen and oxygen atoms in total. The van der Waals surface area contributed by atoms with Crippen LogP contribution in [0.1, 0.15) is 65.5 Å². The molecule has 0 unspecified atom stereocenters. The standard InChI is InChI=1S/C36H44N6O10Si/c1-4-16-42(29-12-7-22-18-28-25(19-24(22)29)34(47)41-30(20-43)38-28)23-8-5-21(6-9-23)33(46)40-27(36(50)51)11-14-32(45)39-26(35(48)49)10-13-31(44)37-15-17-53(2,3)52/h1,5-6,8-9,18-19,26-27,29,43,52H,7,10-17,20H2,2-3H3,(H,37,44)(H,39,45)(H,40,46)(H,48,49)(H,50,51)(H,38,41,47)/t26-,27+,29+/m1/s1. The number of aryl methyl sites for hydroxylation is 1. The lowest BCUT2D eigenvalue weighted by Crippen LogP contribution is -2.44. The number of terminal acetylenes is 1. The van der Waals surface area contributed by atoms with Gasteiger partial charge in [-0.25, -0.2) is 14.6 Å². The third-order valence-electron chi connectivity index (χ3n) is 8.93. The maximum absolute atomic E-state index is 13.1. The first-order chi connectivity index (χ1) is 25.1. The Kier molecular flexibility index (Phi) is 13.5. The molecule has 0 saturated carbocycles. The predicted octanol–water partition coefficient (Wildman–Crippen LogP) is 1.17. The summed E-state index contributed by atoms with van der Waals surface area (Å²) in [4.78, 5) is 92.8. The fraction of sp³-hybridized carbons (Fsp3) is 0.417. The van der Waals surface area contributed by atoms with Gasteiger partial charge in [-0.05, 0) is 92.3 Å². The van der Waals surface area contributed by atoms with E-state index in [1.165, 1.54) is 12.1 Å². The SMILES string of the molecule is C#CCN(c1ccc(C(=O)N[C@@H](CCC(=O)N[C@H](CCC(=O)NCC[Si](C)(C)O)C(=O)O)C(=O)O)cc1)[C@H]1CCc2cc3nc(CO)[nH]c(=O)c3cc21. The lowest BCUT2D eigenvalue weighted by atomic mass is 10.0. The number of carboxylic acid groups (broad SMARTS) is 2. The fourth-order valence-electron chi connectivity index (χ4n) is 6.12. The van der Waals surface area contributed by atoms with Gasteiger partial charge in [0.2, 0.25) is 11.8 Å². The predicted molar refractivity (Wildman–Crippen MR) is 196 cm³/mol. The van der Waals surface area contributed by atoms with Crippen LogP contribution >= 0.6 is 0 Å². The van der Waals surface area contributed by atoms with E-state index in [1.54, 1.807) is 31.3 Å². The molecule has 17 heteroatoms. The van der Waals surface area contributed by atoms with Gasteiger partial charge in [0.05, 0.1) is 23.5 Å². The van der Waals surface area contributed by atoms with E-state index in [1.807, 2.05) is 11.0 Å². The first kappa shape index (κ1) is 40.2. The number of aliphatic hydroxyl groups excluding tert-OH is 1. The number of aromatic amines is 1. The number of rotatable bonds is 18. The number of carbonyl (C=O) groups is 5. The van der Waals surface area contributed by atoms with Crippen molar-refractivity contribution in [2.45, 2.75) is 82.4 Å². The fourth-order valence-corrected chi connectivity index (χ4v) is 6.86. The van der Waals surface area contributed by atoms with Gasteiger partial charge >= 0.3 is 11.9 Å². The summed E-state index contributed by atoms with van der Waals surface area (Å²) in [6.07, 6.45) is 6.00. The van der Waals surface area contributed by atoms with Crippen molar-refractivity contribution in [1.29, 1.82) is 0 Å². The second kappa shape index (κ2) is 17.8. The molecular weight excluding hydrogens is 705 g/mol. The van der Waals surface area contributed by atoms with Crippen LogP contribution in [0.4, 0.5) is 5.69 Å². The van der Waals surface area contributed by atoms with E-state index in [9.17, 15) is 48.9 Å². The van der Waals surface area contributed by atoms with Crippen LogP contribution in [0.3, 0.4) is 0 Å². The van der Waals surface area contributed by atoms with Crippen LogP contribution in [-0.4, -0.2) is 93.2 Å². The van der Waals surface area contributed by atoms with E-state index < -0.39 is 63.1 Å². The molecule has 1 aliphatic carbocycles.